The fourth-order valence-corrected chi connectivity index (χ4v) is 2.02. The van der Waals surface area contributed by atoms with Crippen LogP contribution in [0.25, 0.3) is 11.1 Å². The zero-order chi connectivity index (χ0) is 13.1. The van der Waals surface area contributed by atoms with Crippen molar-refractivity contribution in [3.05, 3.63) is 48.0 Å². The van der Waals surface area contributed by atoms with Crippen LogP contribution in [0.5, 0.6) is 5.75 Å². The summed E-state index contributed by atoms with van der Waals surface area (Å²) in [7, 11) is 3.94. The Kier molecular flexibility index (Phi) is 3.53. The van der Waals surface area contributed by atoms with Gasteiger partial charge in [0, 0.05) is 12.1 Å². The van der Waals surface area contributed by atoms with Gasteiger partial charge in [-0.25, -0.2) is 0 Å². The second kappa shape index (κ2) is 5.10. The number of nitrogens with zero attached hydrogens (tertiary/aromatic N) is 1. The number of aromatic hydroxyl groups is 1. The molecular formula is C15H18N2O. The minimum atomic E-state index is 0.185. The zero-order valence-corrected chi connectivity index (χ0v) is 10.7. The highest BCUT2D eigenvalue weighted by Gasteiger charge is 2.13. The summed E-state index contributed by atoms with van der Waals surface area (Å²) in [5.41, 5.74) is 9.18. The minimum absolute atomic E-state index is 0.185. The molecule has 0 aliphatic heterocycles. The van der Waals surface area contributed by atoms with E-state index in [-0.39, 0.29) is 5.75 Å². The van der Waals surface area contributed by atoms with Gasteiger partial charge in [0.05, 0.1) is 5.69 Å². The predicted molar refractivity (Wildman–Crippen MR) is 75.3 cm³/mol. The van der Waals surface area contributed by atoms with Crippen LogP contribution in [-0.2, 0) is 6.54 Å². The molecule has 3 heteroatoms. The van der Waals surface area contributed by atoms with E-state index in [1.54, 1.807) is 6.07 Å². The van der Waals surface area contributed by atoms with Crippen molar-refractivity contribution in [2.75, 3.05) is 19.8 Å². The van der Waals surface area contributed by atoms with Crippen molar-refractivity contribution < 1.29 is 5.11 Å². The molecule has 0 amide bonds. The Balaban J connectivity index is 2.57. The van der Waals surface area contributed by atoms with Crippen LogP contribution in [0.2, 0.25) is 0 Å². The number of nitrogen functional groups attached to an aromatic ring is 1. The molecule has 3 nitrogen and oxygen atoms in total. The lowest BCUT2D eigenvalue weighted by atomic mass is 9.98. The van der Waals surface area contributed by atoms with E-state index >= 15 is 0 Å². The Morgan fingerprint density at radius 2 is 1.72 bits per heavy atom. The number of phenolic OH excluding ortho intramolecular Hbond substituents is 1. The number of nitrogens with two attached hydrogens (primary N) is 1. The van der Waals surface area contributed by atoms with Gasteiger partial charge in [-0.05, 0) is 31.3 Å². The molecule has 0 aliphatic carbocycles. The van der Waals surface area contributed by atoms with Crippen LogP contribution < -0.4 is 5.73 Å². The van der Waals surface area contributed by atoms with E-state index < -0.39 is 0 Å². The van der Waals surface area contributed by atoms with Crippen LogP contribution >= 0.6 is 0 Å². The van der Waals surface area contributed by atoms with Crippen molar-refractivity contribution in [1.29, 1.82) is 0 Å². The molecule has 0 fully saturated rings. The van der Waals surface area contributed by atoms with Crippen molar-refractivity contribution >= 4 is 5.69 Å². The highest BCUT2D eigenvalue weighted by molar-refractivity contribution is 5.74. The van der Waals surface area contributed by atoms with E-state index in [4.69, 9.17) is 5.73 Å². The van der Waals surface area contributed by atoms with E-state index in [9.17, 15) is 5.11 Å². The number of rotatable bonds is 3. The molecule has 0 bridgehead atoms. The first-order valence-corrected chi connectivity index (χ1v) is 5.90. The lowest BCUT2D eigenvalue weighted by molar-refractivity contribution is 0.387. The largest absolute Gasteiger partial charge is 0.505 e. The Hall–Kier alpha value is -2.00. The molecule has 2 aromatic rings. The molecule has 3 N–H and O–H groups in total. The van der Waals surface area contributed by atoms with Crippen LogP contribution in [0.3, 0.4) is 0 Å². The maximum Gasteiger partial charge on any atom is 0.143 e. The van der Waals surface area contributed by atoms with Gasteiger partial charge in [0.15, 0.2) is 0 Å². The third-order valence-electron chi connectivity index (χ3n) is 2.87. The predicted octanol–water partition coefficient (Wildman–Crippen LogP) is 2.70. The molecule has 0 aromatic heterocycles. The van der Waals surface area contributed by atoms with Gasteiger partial charge in [0.25, 0.3) is 0 Å². The van der Waals surface area contributed by atoms with Gasteiger partial charge >= 0.3 is 0 Å². The minimum Gasteiger partial charge on any atom is -0.505 e. The van der Waals surface area contributed by atoms with E-state index in [1.165, 1.54) is 0 Å². The third kappa shape index (κ3) is 2.46. The SMILES string of the molecule is CN(C)Cc1c(-c2ccccc2)ccc(N)c1O. The summed E-state index contributed by atoms with van der Waals surface area (Å²) in [5.74, 6) is 0.185. The first-order valence-electron chi connectivity index (χ1n) is 5.90. The Morgan fingerprint density at radius 3 is 2.33 bits per heavy atom. The maximum absolute atomic E-state index is 10.1. The van der Waals surface area contributed by atoms with Crippen molar-refractivity contribution in [3.63, 3.8) is 0 Å². The monoisotopic (exact) mass is 242 g/mol. The van der Waals surface area contributed by atoms with Gasteiger partial charge in [-0.3, -0.25) is 0 Å². The average molecular weight is 242 g/mol. The molecule has 0 aliphatic rings. The summed E-state index contributed by atoms with van der Waals surface area (Å²) in [4.78, 5) is 2.01. The van der Waals surface area contributed by atoms with Gasteiger partial charge in [0.1, 0.15) is 5.75 Å². The molecule has 0 saturated carbocycles. The molecule has 0 saturated heterocycles. The zero-order valence-electron chi connectivity index (χ0n) is 10.7. The normalized spacial score (nSPS) is 10.8. The molecular weight excluding hydrogens is 224 g/mol. The highest BCUT2D eigenvalue weighted by Crippen LogP contribution is 2.34. The van der Waals surface area contributed by atoms with E-state index in [0.29, 0.717) is 12.2 Å². The summed E-state index contributed by atoms with van der Waals surface area (Å²) >= 11 is 0. The lowest BCUT2D eigenvalue weighted by Crippen LogP contribution is -2.12. The smallest absolute Gasteiger partial charge is 0.143 e. The Morgan fingerprint density at radius 1 is 1.06 bits per heavy atom. The van der Waals surface area contributed by atoms with Crippen molar-refractivity contribution in [2.24, 2.45) is 0 Å². The molecule has 0 heterocycles. The third-order valence-corrected chi connectivity index (χ3v) is 2.87. The number of hydrogen-bond donors (Lipinski definition) is 2. The van der Waals surface area contributed by atoms with Gasteiger partial charge in [-0.2, -0.15) is 0 Å². The Bertz CT molecular complexity index is 536. The summed E-state index contributed by atoms with van der Waals surface area (Å²) in [6, 6.07) is 13.7. The molecule has 0 unspecified atom stereocenters. The number of phenols is 1. The highest BCUT2D eigenvalue weighted by atomic mass is 16.3. The number of hydrogen-bond acceptors (Lipinski definition) is 3. The summed E-state index contributed by atoms with van der Waals surface area (Å²) in [5, 5.41) is 10.1. The van der Waals surface area contributed by atoms with Crippen LogP contribution in [-0.4, -0.2) is 24.1 Å². The lowest BCUT2D eigenvalue weighted by Gasteiger charge is -2.17. The first kappa shape index (κ1) is 12.5. The van der Waals surface area contributed by atoms with Crippen molar-refractivity contribution in [1.82, 2.24) is 4.90 Å². The second-order valence-electron chi connectivity index (χ2n) is 4.63. The molecule has 2 aromatic carbocycles. The second-order valence-corrected chi connectivity index (χ2v) is 4.63. The summed E-state index contributed by atoms with van der Waals surface area (Å²) < 4.78 is 0. The van der Waals surface area contributed by atoms with Crippen molar-refractivity contribution in [2.45, 2.75) is 6.54 Å². The molecule has 94 valence electrons. The fourth-order valence-electron chi connectivity index (χ4n) is 2.02. The fraction of sp³-hybridized carbons (Fsp3) is 0.200. The standard InChI is InChI=1S/C15H18N2O/c1-17(2)10-13-12(8-9-14(16)15(13)18)11-6-4-3-5-7-11/h3-9,18H,10,16H2,1-2H3. The van der Waals surface area contributed by atoms with Crippen LogP contribution in [0.15, 0.2) is 42.5 Å². The van der Waals surface area contributed by atoms with Gasteiger partial charge in [-0.15, -0.1) is 0 Å². The van der Waals surface area contributed by atoms with E-state index in [1.807, 2.05) is 55.4 Å². The van der Waals surface area contributed by atoms with Gasteiger partial charge in [-0.1, -0.05) is 36.4 Å². The molecule has 0 radical (unpaired) electrons. The molecule has 18 heavy (non-hydrogen) atoms. The van der Waals surface area contributed by atoms with Gasteiger partial charge in [0.2, 0.25) is 0 Å². The molecule has 0 spiro atoms. The van der Waals surface area contributed by atoms with Gasteiger partial charge < -0.3 is 15.7 Å². The molecule has 2 rings (SSSR count). The average Bonchev–Trinajstić information content (AvgIpc) is 2.36. The van der Waals surface area contributed by atoms with Crippen LogP contribution in [0.1, 0.15) is 5.56 Å². The Labute approximate surface area is 107 Å². The quantitative estimate of drug-likeness (QED) is 0.642. The molecule has 0 atom stereocenters. The number of anilines is 1. The first-order chi connectivity index (χ1) is 8.59. The summed E-state index contributed by atoms with van der Waals surface area (Å²) in [6.45, 7) is 0.654. The summed E-state index contributed by atoms with van der Waals surface area (Å²) in [6.07, 6.45) is 0. The van der Waals surface area contributed by atoms with E-state index in [2.05, 4.69) is 0 Å². The van der Waals surface area contributed by atoms with Crippen molar-refractivity contribution in [3.8, 4) is 16.9 Å². The van der Waals surface area contributed by atoms with Crippen LogP contribution in [0.4, 0.5) is 5.69 Å². The van der Waals surface area contributed by atoms with Crippen LogP contribution in [0, 0.1) is 0 Å². The number of benzene rings is 2. The topological polar surface area (TPSA) is 49.5 Å². The maximum atomic E-state index is 10.1. The van der Waals surface area contributed by atoms with E-state index in [0.717, 1.165) is 16.7 Å².